The molecule has 0 saturated carbocycles. The lowest BCUT2D eigenvalue weighted by Gasteiger charge is -2.25. The minimum atomic E-state index is 0.991. The molecule has 2 aromatic carbocycles. The number of thioether (sulfide) groups is 1. The third-order valence-electron chi connectivity index (χ3n) is 4.01. The van der Waals surface area contributed by atoms with Gasteiger partial charge in [-0.25, -0.2) is 0 Å². The number of rotatable bonds is 2. The fourth-order valence-corrected chi connectivity index (χ4v) is 5.00. The van der Waals surface area contributed by atoms with Crippen LogP contribution < -0.4 is 4.90 Å². The second-order valence-electron chi connectivity index (χ2n) is 5.47. The fourth-order valence-electron chi connectivity index (χ4n) is 2.74. The van der Waals surface area contributed by atoms with E-state index in [4.69, 9.17) is 0 Å². The minimum Gasteiger partial charge on any atom is -0.334 e. The van der Waals surface area contributed by atoms with Gasteiger partial charge in [0.15, 0.2) is 0 Å². The predicted molar refractivity (Wildman–Crippen MR) is 105 cm³/mol. The molecule has 0 unspecified atom stereocenters. The van der Waals surface area contributed by atoms with E-state index in [2.05, 4.69) is 93.9 Å². The first kappa shape index (κ1) is 16.2. The average molecular weight is 439 g/mol. The minimum absolute atomic E-state index is 0.991. The Balaban J connectivity index is 2.19. The molecule has 1 heterocycles. The molecule has 0 aliphatic carbocycles. The van der Waals surface area contributed by atoms with Crippen molar-refractivity contribution in [2.45, 2.75) is 20.8 Å². The van der Waals surface area contributed by atoms with Crippen LogP contribution in [0.1, 0.15) is 19.4 Å². The Morgan fingerprint density at radius 3 is 2.27 bits per heavy atom. The summed E-state index contributed by atoms with van der Waals surface area (Å²) < 4.78 is 2.17. The average Bonchev–Trinajstić information content (AvgIpc) is 2.78. The molecular weight excluding hydrogens is 422 g/mol. The number of aryl methyl sites for hydroxylation is 1. The highest BCUT2D eigenvalue weighted by molar-refractivity contribution is 9.11. The van der Waals surface area contributed by atoms with Gasteiger partial charge in [0.2, 0.25) is 0 Å². The van der Waals surface area contributed by atoms with Gasteiger partial charge in [-0.15, -0.1) is 11.8 Å². The van der Waals surface area contributed by atoms with Gasteiger partial charge in [-0.1, -0.05) is 50.1 Å². The number of allylic oxidation sites excluding steroid dienone is 2. The Morgan fingerprint density at radius 1 is 1.00 bits per heavy atom. The van der Waals surface area contributed by atoms with E-state index in [1.165, 1.54) is 33.0 Å². The Bertz CT molecular complexity index is 747. The van der Waals surface area contributed by atoms with Crippen molar-refractivity contribution in [3.05, 3.63) is 61.5 Å². The van der Waals surface area contributed by atoms with Crippen molar-refractivity contribution < 1.29 is 0 Å². The van der Waals surface area contributed by atoms with Crippen molar-refractivity contribution in [1.29, 1.82) is 0 Å². The van der Waals surface area contributed by atoms with E-state index in [0.29, 0.717) is 0 Å². The molecule has 0 saturated heterocycles. The van der Waals surface area contributed by atoms with Gasteiger partial charge in [0.25, 0.3) is 0 Å². The van der Waals surface area contributed by atoms with Gasteiger partial charge in [0.05, 0.1) is 11.6 Å². The monoisotopic (exact) mass is 437 g/mol. The van der Waals surface area contributed by atoms with Crippen LogP contribution >= 0.6 is 43.6 Å². The van der Waals surface area contributed by atoms with Gasteiger partial charge in [-0.2, -0.15) is 0 Å². The van der Waals surface area contributed by atoms with E-state index in [1.54, 1.807) is 0 Å². The van der Waals surface area contributed by atoms with Crippen molar-refractivity contribution in [2.24, 2.45) is 0 Å². The highest BCUT2D eigenvalue weighted by Gasteiger charge is 2.22. The van der Waals surface area contributed by atoms with Gasteiger partial charge in [0, 0.05) is 25.1 Å². The summed E-state index contributed by atoms with van der Waals surface area (Å²) in [5.41, 5.74) is 6.48. The summed E-state index contributed by atoms with van der Waals surface area (Å²) in [4.78, 5) is 3.84. The van der Waals surface area contributed by atoms with E-state index < -0.39 is 0 Å². The van der Waals surface area contributed by atoms with Crippen LogP contribution in [0.25, 0.3) is 11.1 Å². The molecule has 0 spiro atoms. The molecule has 1 aliphatic heterocycles. The zero-order valence-electron chi connectivity index (χ0n) is 12.8. The maximum atomic E-state index is 3.60. The number of halogens is 2. The van der Waals surface area contributed by atoms with Crippen molar-refractivity contribution in [1.82, 2.24) is 0 Å². The smallest absolute Gasteiger partial charge is 0.0729 e. The number of hydrogen-bond acceptors (Lipinski definition) is 2. The summed E-state index contributed by atoms with van der Waals surface area (Å²) >= 11 is 9.12. The van der Waals surface area contributed by atoms with E-state index in [9.17, 15) is 0 Å². The molecule has 0 aromatic heterocycles. The van der Waals surface area contributed by atoms with Crippen LogP contribution in [0.15, 0.2) is 55.9 Å². The molecule has 1 aliphatic rings. The summed E-state index contributed by atoms with van der Waals surface area (Å²) in [6.07, 6.45) is 0. The second kappa shape index (κ2) is 6.42. The normalized spacial score (nSPS) is 14.9. The number of anilines is 1. The molecule has 114 valence electrons. The summed E-state index contributed by atoms with van der Waals surface area (Å²) in [5.74, 6) is 0.991. The van der Waals surface area contributed by atoms with Crippen LogP contribution in [-0.4, -0.2) is 5.88 Å². The van der Waals surface area contributed by atoms with Gasteiger partial charge >= 0.3 is 0 Å². The summed E-state index contributed by atoms with van der Waals surface area (Å²) in [7, 11) is 0. The van der Waals surface area contributed by atoms with Gasteiger partial charge in [-0.05, 0) is 50.1 Å². The lowest BCUT2D eigenvalue weighted by molar-refractivity contribution is 1.07. The van der Waals surface area contributed by atoms with Gasteiger partial charge in [-0.3, -0.25) is 0 Å². The van der Waals surface area contributed by atoms with E-state index in [-0.39, 0.29) is 0 Å². The first-order chi connectivity index (χ1) is 10.5. The van der Waals surface area contributed by atoms with Crippen LogP contribution in [0, 0.1) is 6.92 Å². The largest absolute Gasteiger partial charge is 0.334 e. The predicted octanol–water partition coefficient (Wildman–Crippen LogP) is 6.95. The summed E-state index contributed by atoms with van der Waals surface area (Å²) in [6.45, 7) is 6.60. The van der Waals surface area contributed by atoms with Crippen LogP contribution in [0.5, 0.6) is 0 Å². The first-order valence-electron chi connectivity index (χ1n) is 7.11. The van der Waals surface area contributed by atoms with Crippen LogP contribution in [0.2, 0.25) is 0 Å². The maximum Gasteiger partial charge on any atom is 0.0729 e. The number of hydrogen-bond donors (Lipinski definition) is 0. The van der Waals surface area contributed by atoms with Crippen LogP contribution in [0.4, 0.5) is 5.69 Å². The summed E-state index contributed by atoms with van der Waals surface area (Å²) in [6, 6.07) is 13.0. The Labute approximate surface area is 153 Å². The molecule has 0 atom stereocenters. The molecule has 0 fully saturated rings. The zero-order chi connectivity index (χ0) is 15.9. The highest BCUT2D eigenvalue weighted by atomic mass is 79.9. The van der Waals surface area contributed by atoms with Gasteiger partial charge < -0.3 is 4.90 Å². The van der Waals surface area contributed by atoms with Crippen molar-refractivity contribution >= 4 is 49.3 Å². The molecule has 2 aromatic rings. The lowest BCUT2D eigenvalue weighted by Crippen LogP contribution is -2.18. The van der Waals surface area contributed by atoms with E-state index >= 15 is 0 Å². The molecule has 3 rings (SSSR count). The Kier molecular flexibility index (Phi) is 4.72. The van der Waals surface area contributed by atoms with Gasteiger partial charge in [0.1, 0.15) is 0 Å². The molecule has 4 heteroatoms. The Hall–Kier alpha value is -0.710. The Morgan fingerprint density at radius 2 is 1.68 bits per heavy atom. The molecule has 0 amide bonds. The first-order valence-corrected chi connectivity index (χ1v) is 9.68. The number of benzene rings is 2. The molecule has 22 heavy (non-hydrogen) atoms. The van der Waals surface area contributed by atoms with Crippen molar-refractivity contribution in [3.63, 3.8) is 0 Å². The van der Waals surface area contributed by atoms with Crippen molar-refractivity contribution in [2.75, 3.05) is 10.8 Å². The highest BCUT2D eigenvalue weighted by Crippen LogP contribution is 2.42. The van der Waals surface area contributed by atoms with Crippen molar-refractivity contribution in [3.8, 4) is 11.1 Å². The lowest BCUT2D eigenvalue weighted by atomic mass is 9.99. The molecule has 0 N–H and O–H groups in total. The quantitative estimate of drug-likeness (QED) is 0.498. The standard InChI is InChI=1S/C18H17Br2NS/c1-11-5-4-6-17(14-7-15(19)9-16(20)8-14)18(11)21-10-22-13(3)12(21)2/h4-9H,10H2,1-3H3. The molecule has 0 radical (unpaired) electrons. The van der Waals surface area contributed by atoms with Crippen LogP contribution in [-0.2, 0) is 0 Å². The number of para-hydroxylation sites is 1. The molecule has 1 nitrogen and oxygen atoms in total. The van der Waals surface area contributed by atoms with E-state index in [1.807, 2.05) is 11.8 Å². The summed E-state index contributed by atoms with van der Waals surface area (Å²) in [5, 5.41) is 0. The maximum absolute atomic E-state index is 3.60. The molecule has 0 bridgehead atoms. The SMILES string of the molecule is CC1=C(C)N(c2c(C)cccc2-c2cc(Br)cc(Br)c2)CS1. The number of nitrogens with zero attached hydrogens (tertiary/aromatic N) is 1. The topological polar surface area (TPSA) is 3.24 Å². The zero-order valence-corrected chi connectivity index (χ0v) is 16.8. The van der Waals surface area contributed by atoms with E-state index in [0.717, 1.165) is 14.8 Å². The molecular formula is C18H17Br2NS. The third kappa shape index (κ3) is 3.01. The third-order valence-corrected chi connectivity index (χ3v) is 6.04. The second-order valence-corrected chi connectivity index (χ2v) is 8.46. The van der Waals surface area contributed by atoms with Crippen LogP contribution in [0.3, 0.4) is 0 Å². The fraction of sp³-hybridized carbons (Fsp3) is 0.222.